The molecule has 6 nitrogen and oxygen atoms in total. The maximum Gasteiger partial charge on any atom is 0.189 e. The molecule has 0 aromatic rings. The first-order valence-corrected chi connectivity index (χ1v) is 10.9. The second kappa shape index (κ2) is 10.6. The average Bonchev–Trinajstić information content (AvgIpc) is 3.26. The summed E-state index contributed by atoms with van der Waals surface area (Å²) in [5.74, 6) is -0.0122. The third-order valence-corrected chi connectivity index (χ3v) is 6.32. The van der Waals surface area contributed by atoms with E-state index >= 15 is 0 Å². The van der Waals surface area contributed by atoms with Crippen molar-refractivity contribution in [3.63, 3.8) is 0 Å². The molecule has 0 saturated carbocycles. The van der Waals surface area contributed by atoms with Gasteiger partial charge in [0.1, 0.15) is 5.84 Å². The molecule has 6 heteroatoms. The van der Waals surface area contributed by atoms with Crippen molar-refractivity contribution >= 4 is 5.84 Å². The van der Waals surface area contributed by atoms with E-state index in [0.717, 1.165) is 51.3 Å². The third-order valence-electron chi connectivity index (χ3n) is 6.32. The van der Waals surface area contributed by atoms with Crippen LogP contribution < -0.4 is 0 Å². The number of likely N-dealkylation sites (tertiary alicyclic amines) is 3. The van der Waals surface area contributed by atoms with Crippen LogP contribution in [0.3, 0.4) is 0 Å². The molecule has 0 amide bonds. The molecule has 0 N–H and O–H groups in total. The van der Waals surface area contributed by atoms with E-state index in [9.17, 15) is 10.5 Å². The summed E-state index contributed by atoms with van der Waals surface area (Å²) in [6.07, 6.45) is 9.89. The zero-order chi connectivity index (χ0) is 18.9. The molecule has 0 aliphatic carbocycles. The number of rotatable bonds is 6. The molecule has 0 aromatic carbocycles. The van der Waals surface area contributed by atoms with Crippen LogP contribution in [0.25, 0.3) is 0 Å². The Hall–Kier alpha value is -1.63. The molecule has 3 aliphatic rings. The van der Waals surface area contributed by atoms with E-state index in [1.807, 2.05) is 0 Å². The average molecular weight is 371 g/mol. The van der Waals surface area contributed by atoms with Crippen LogP contribution in [0.15, 0.2) is 4.99 Å². The predicted octanol–water partition coefficient (Wildman–Crippen LogP) is 2.48. The van der Waals surface area contributed by atoms with Crippen LogP contribution in [0.4, 0.5) is 0 Å². The minimum atomic E-state index is -0.733. The van der Waals surface area contributed by atoms with E-state index in [2.05, 4.69) is 26.8 Å². The Morgan fingerprint density at radius 2 is 1.52 bits per heavy atom. The number of piperidine rings is 2. The fourth-order valence-electron chi connectivity index (χ4n) is 4.76. The van der Waals surface area contributed by atoms with Crippen LogP contribution in [0, 0.1) is 28.6 Å². The van der Waals surface area contributed by atoms with Crippen LogP contribution in [-0.2, 0) is 0 Å². The van der Waals surface area contributed by atoms with E-state index in [1.54, 1.807) is 0 Å². The molecule has 0 bridgehead atoms. The normalized spacial score (nSPS) is 23.5. The Labute approximate surface area is 164 Å². The van der Waals surface area contributed by atoms with Gasteiger partial charge in [0.2, 0.25) is 0 Å². The van der Waals surface area contributed by atoms with Crippen molar-refractivity contribution in [3.05, 3.63) is 0 Å². The topological polar surface area (TPSA) is 69.7 Å². The van der Waals surface area contributed by atoms with Crippen molar-refractivity contribution < 1.29 is 0 Å². The highest BCUT2D eigenvalue weighted by molar-refractivity contribution is 5.89. The van der Waals surface area contributed by atoms with Gasteiger partial charge in [0.25, 0.3) is 0 Å². The van der Waals surface area contributed by atoms with Gasteiger partial charge >= 0.3 is 0 Å². The molecule has 3 saturated heterocycles. The van der Waals surface area contributed by atoms with Crippen LogP contribution in [0.5, 0.6) is 0 Å². The molecule has 0 unspecified atom stereocenters. The van der Waals surface area contributed by atoms with Crippen LogP contribution in [0.2, 0.25) is 0 Å². The highest BCUT2D eigenvalue weighted by atomic mass is 15.2. The van der Waals surface area contributed by atoms with Crippen molar-refractivity contribution in [2.75, 3.05) is 52.4 Å². The SMILES string of the molecule is N#CC(C#N)C(=NCCCN1CCCCC1)N1CCC(N2CCCC2)CC1. The summed E-state index contributed by atoms with van der Waals surface area (Å²) in [6, 6.07) is 4.98. The first-order valence-electron chi connectivity index (χ1n) is 10.9. The van der Waals surface area contributed by atoms with Gasteiger partial charge in [-0.2, -0.15) is 10.5 Å². The molecule has 3 rings (SSSR count). The number of nitriles is 2. The summed E-state index contributed by atoms with van der Waals surface area (Å²) in [4.78, 5) is 12.1. The summed E-state index contributed by atoms with van der Waals surface area (Å²) < 4.78 is 0. The van der Waals surface area contributed by atoms with Crippen molar-refractivity contribution in [1.82, 2.24) is 14.7 Å². The van der Waals surface area contributed by atoms with Gasteiger partial charge < -0.3 is 14.7 Å². The first kappa shape index (κ1) is 20.1. The lowest BCUT2D eigenvalue weighted by Crippen LogP contribution is -2.47. The Morgan fingerprint density at radius 3 is 2.15 bits per heavy atom. The zero-order valence-electron chi connectivity index (χ0n) is 16.7. The van der Waals surface area contributed by atoms with Gasteiger partial charge in [-0.3, -0.25) is 4.99 Å². The summed E-state index contributed by atoms with van der Waals surface area (Å²) >= 11 is 0. The summed E-state index contributed by atoms with van der Waals surface area (Å²) in [6.45, 7) is 8.54. The number of amidine groups is 1. The Bertz CT molecular complexity index is 540. The minimum absolute atomic E-state index is 0.673. The van der Waals surface area contributed by atoms with E-state index in [0.29, 0.717) is 6.04 Å². The van der Waals surface area contributed by atoms with Gasteiger partial charge in [-0.05, 0) is 77.7 Å². The van der Waals surface area contributed by atoms with Gasteiger partial charge in [-0.25, -0.2) is 0 Å². The first-order chi connectivity index (χ1) is 13.3. The zero-order valence-corrected chi connectivity index (χ0v) is 16.7. The number of hydrogen-bond donors (Lipinski definition) is 0. The molecule has 3 fully saturated rings. The Kier molecular flexibility index (Phi) is 7.93. The molecule has 27 heavy (non-hydrogen) atoms. The minimum Gasteiger partial charge on any atom is -0.358 e. The van der Waals surface area contributed by atoms with E-state index in [-0.39, 0.29) is 0 Å². The second-order valence-electron chi connectivity index (χ2n) is 8.15. The van der Waals surface area contributed by atoms with Crippen molar-refractivity contribution in [3.8, 4) is 12.1 Å². The van der Waals surface area contributed by atoms with Gasteiger partial charge in [0, 0.05) is 25.7 Å². The maximum absolute atomic E-state index is 9.42. The summed E-state index contributed by atoms with van der Waals surface area (Å²) in [7, 11) is 0. The lowest BCUT2D eigenvalue weighted by molar-refractivity contribution is 0.162. The van der Waals surface area contributed by atoms with Gasteiger partial charge in [-0.1, -0.05) is 6.42 Å². The lowest BCUT2D eigenvalue weighted by Gasteiger charge is -2.38. The largest absolute Gasteiger partial charge is 0.358 e. The third kappa shape index (κ3) is 5.67. The lowest BCUT2D eigenvalue weighted by atomic mass is 10.0. The molecule has 0 aromatic heterocycles. The smallest absolute Gasteiger partial charge is 0.189 e. The van der Waals surface area contributed by atoms with Crippen molar-refractivity contribution in [2.45, 2.75) is 57.4 Å². The van der Waals surface area contributed by atoms with Crippen LogP contribution >= 0.6 is 0 Å². The molecular formula is C21H34N6. The summed E-state index contributed by atoms with van der Waals surface area (Å²) in [5, 5.41) is 18.8. The molecule has 148 valence electrons. The second-order valence-corrected chi connectivity index (χ2v) is 8.15. The molecule has 0 radical (unpaired) electrons. The van der Waals surface area contributed by atoms with E-state index < -0.39 is 5.92 Å². The van der Waals surface area contributed by atoms with Gasteiger partial charge in [0.05, 0.1) is 12.1 Å². The Morgan fingerprint density at radius 1 is 0.889 bits per heavy atom. The monoisotopic (exact) mass is 370 g/mol. The molecule has 3 aliphatic heterocycles. The number of aliphatic imine (C=N–C) groups is 1. The van der Waals surface area contributed by atoms with Crippen LogP contribution in [0.1, 0.15) is 51.4 Å². The maximum atomic E-state index is 9.42. The molecule has 0 spiro atoms. The van der Waals surface area contributed by atoms with E-state index in [4.69, 9.17) is 4.99 Å². The Balaban J connectivity index is 1.51. The highest BCUT2D eigenvalue weighted by Crippen LogP contribution is 2.22. The molecule has 0 atom stereocenters. The van der Waals surface area contributed by atoms with Crippen molar-refractivity contribution in [2.24, 2.45) is 10.9 Å². The van der Waals surface area contributed by atoms with Gasteiger partial charge in [-0.15, -0.1) is 0 Å². The summed E-state index contributed by atoms with van der Waals surface area (Å²) in [5.41, 5.74) is 0. The number of hydrogen-bond acceptors (Lipinski definition) is 5. The quantitative estimate of drug-likeness (QED) is 0.408. The van der Waals surface area contributed by atoms with Crippen molar-refractivity contribution in [1.29, 1.82) is 10.5 Å². The fraction of sp³-hybridized carbons (Fsp3) is 0.857. The predicted molar refractivity (Wildman–Crippen MR) is 107 cm³/mol. The highest BCUT2D eigenvalue weighted by Gasteiger charge is 2.30. The number of nitrogens with zero attached hydrogens (tertiary/aromatic N) is 6. The standard InChI is InChI=1S/C21H34N6/c22-17-19(18-23)21(24-9-6-12-25-10-2-1-3-11-25)27-15-7-20(8-16-27)26-13-4-5-14-26/h19-20H,1-16H2. The fourth-order valence-corrected chi connectivity index (χ4v) is 4.76. The molecular weight excluding hydrogens is 336 g/mol. The molecule has 3 heterocycles. The van der Waals surface area contributed by atoms with Crippen LogP contribution in [-0.4, -0.2) is 78.9 Å². The van der Waals surface area contributed by atoms with Gasteiger partial charge in [0.15, 0.2) is 5.92 Å². The van der Waals surface area contributed by atoms with E-state index in [1.165, 1.54) is 58.3 Å².